The molecule has 1 fully saturated rings. The third-order valence-electron chi connectivity index (χ3n) is 3.43. The average molecular weight is 244 g/mol. The van der Waals surface area contributed by atoms with E-state index in [1.165, 1.54) is 6.42 Å². The van der Waals surface area contributed by atoms with Crippen molar-refractivity contribution in [2.24, 2.45) is 5.84 Å². The zero-order valence-electron chi connectivity index (χ0n) is 10.8. The second-order valence-corrected chi connectivity index (χ2v) is 4.48. The maximum atomic E-state index is 11.1. The molecule has 0 bridgehead atoms. The van der Waals surface area contributed by atoms with Gasteiger partial charge in [0.25, 0.3) is 0 Å². The van der Waals surface area contributed by atoms with Gasteiger partial charge in [0.1, 0.15) is 0 Å². The second kappa shape index (κ2) is 7.60. The first-order chi connectivity index (χ1) is 8.17. The Morgan fingerprint density at radius 1 is 1.41 bits per heavy atom. The molecule has 17 heavy (non-hydrogen) atoms. The fraction of sp³-hybridized carbons (Fsp3) is 0.909. The number of nitrogens with zero attached hydrogens (tertiary/aromatic N) is 2. The summed E-state index contributed by atoms with van der Waals surface area (Å²) in [6, 6.07) is 0.656. The van der Waals surface area contributed by atoms with E-state index in [1.807, 2.05) is 5.59 Å². The maximum absolute atomic E-state index is 11.1. The zero-order valence-corrected chi connectivity index (χ0v) is 10.8. The van der Waals surface area contributed by atoms with Crippen molar-refractivity contribution in [2.75, 3.05) is 32.7 Å². The van der Waals surface area contributed by atoms with Crippen LogP contribution < -0.4 is 11.4 Å². The lowest BCUT2D eigenvalue weighted by Crippen LogP contribution is -2.49. The number of nitrogens with one attached hydrogen (secondary N) is 1. The molecule has 0 amide bonds. The summed E-state index contributed by atoms with van der Waals surface area (Å²) in [7, 11) is 0. The van der Waals surface area contributed by atoms with Gasteiger partial charge in [-0.3, -0.25) is 9.69 Å². The van der Waals surface area contributed by atoms with Gasteiger partial charge in [-0.25, -0.2) is 5.84 Å². The summed E-state index contributed by atoms with van der Waals surface area (Å²) in [6.07, 6.45) is 1.57. The minimum Gasteiger partial charge on any atom is -0.356 e. The SMILES string of the molecule is CCC(C)N1CCN(CCC(=O)ONN)CC1. The van der Waals surface area contributed by atoms with Crippen LogP contribution in [-0.4, -0.2) is 54.5 Å². The van der Waals surface area contributed by atoms with E-state index in [1.54, 1.807) is 0 Å². The van der Waals surface area contributed by atoms with E-state index in [-0.39, 0.29) is 5.97 Å². The van der Waals surface area contributed by atoms with Crippen LogP contribution in [0.3, 0.4) is 0 Å². The van der Waals surface area contributed by atoms with Crippen molar-refractivity contribution in [3.63, 3.8) is 0 Å². The highest BCUT2D eigenvalue weighted by atomic mass is 16.7. The van der Waals surface area contributed by atoms with Crippen molar-refractivity contribution in [3.8, 4) is 0 Å². The third kappa shape index (κ3) is 4.99. The number of hydrazine groups is 1. The first kappa shape index (κ1) is 14.4. The highest BCUT2D eigenvalue weighted by molar-refractivity contribution is 5.69. The second-order valence-electron chi connectivity index (χ2n) is 4.48. The number of carbonyl (C=O) groups excluding carboxylic acids is 1. The van der Waals surface area contributed by atoms with E-state index >= 15 is 0 Å². The van der Waals surface area contributed by atoms with Crippen molar-refractivity contribution in [1.29, 1.82) is 0 Å². The van der Waals surface area contributed by atoms with Gasteiger partial charge in [-0.05, 0) is 13.3 Å². The van der Waals surface area contributed by atoms with E-state index in [4.69, 9.17) is 5.84 Å². The molecule has 6 heteroatoms. The normalized spacial score (nSPS) is 20.2. The Kier molecular flexibility index (Phi) is 6.43. The summed E-state index contributed by atoms with van der Waals surface area (Å²) < 4.78 is 0. The molecular weight excluding hydrogens is 220 g/mol. The minimum atomic E-state index is -0.308. The van der Waals surface area contributed by atoms with Gasteiger partial charge in [-0.1, -0.05) is 12.5 Å². The van der Waals surface area contributed by atoms with Crippen LogP contribution in [-0.2, 0) is 9.63 Å². The molecular formula is C11H24N4O2. The summed E-state index contributed by atoms with van der Waals surface area (Å²) in [5.41, 5.74) is 1.91. The minimum absolute atomic E-state index is 0.308. The Labute approximate surface area is 103 Å². The van der Waals surface area contributed by atoms with Crippen molar-refractivity contribution < 1.29 is 9.63 Å². The molecule has 0 aromatic carbocycles. The highest BCUT2D eigenvalue weighted by Crippen LogP contribution is 2.08. The molecule has 1 aliphatic heterocycles. The van der Waals surface area contributed by atoms with Gasteiger partial charge >= 0.3 is 5.97 Å². The molecule has 0 saturated carbocycles. The van der Waals surface area contributed by atoms with Crippen LogP contribution in [0, 0.1) is 0 Å². The highest BCUT2D eigenvalue weighted by Gasteiger charge is 2.20. The van der Waals surface area contributed by atoms with Crippen LogP contribution in [0.4, 0.5) is 0 Å². The molecule has 1 saturated heterocycles. The lowest BCUT2D eigenvalue weighted by molar-refractivity contribution is -0.151. The van der Waals surface area contributed by atoms with E-state index in [2.05, 4.69) is 28.5 Å². The van der Waals surface area contributed by atoms with E-state index < -0.39 is 0 Å². The van der Waals surface area contributed by atoms with Crippen LogP contribution in [0.5, 0.6) is 0 Å². The lowest BCUT2D eigenvalue weighted by atomic mass is 10.2. The molecule has 0 aliphatic carbocycles. The first-order valence-electron chi connectivity index (χ1n) is 6.29. The topological polar surface area (TPSA) is 70.8 Å². The Hall–Kier alpha value is -0.690. The van der Waals surface area contributed by atoms with E-state index in [9.17, 15) is 4.79 Å². The number of hydrogen-bond donors (Lipinski definition) is 2. The van der Waals surface area contributed by atoms with E-state index in [0.29, 0.717) is 12.5 Å². The first-order valence-corrected chi connectivity index (χ1v) is 6.29. The number of piperazine rings is 1. The van der Waals surface area contributed by atoms with E-state index in [0.717, 1.165) is 32.7 Å². The fourth-order valence-electron chi connectivity index (χ4n) is 2.05. The summed E-state index contributed by atoms with van der Waals surface area (Å²) in [5, 5.41) is 0. The molecule has 0 aromatic rings. The molecule has 6 nitrogen and oxygen atoms in total. The molecule has 0 aromatic heterocycles. The van der Waals surface area contributed by atoms with Gasteiger partial charge in [0.05, 0.1) is 6.42 Å². The summed E-state index contributed by atoms with van der Waals surface area (Å²) in [6.45, 7) is 9.43. The van der Waals surface area contributed by atoms with Crippen LogP contribution in [0.25, 0.3) is 0 Å². The van der Waals surface area contributed by atoms with Crippen molar-refractivity contribution in [2.45, 2.75) is 32.7 Å². The predicted molar refractivity (Wildman–Crippen MR) is 65.8 cm³/mol. The van der Waals surface area contributed by atoms with Gasteiger partial charge in [0.2, 0.25) is 0 Å². The molecule has 1 rings (SSSR count). The smallest absolute Gasteiger partial charge is 0.327 e. The largest absolute Gasteiger partial charge is 0.356 e. The van der Waals surface area contributed by atoms with Gasteiger partial charge < -0.3 is 9.74 Å². The maximum Gasteiger partial charge on any atom is 0.327 e. The standard InChI is InChI=1S/C11H24N4O2/c1-3-10(2)15-8-6-14(7-9-15)5-4-11(16)17-13-12/h10,13H,3-9,12H2,1-2H3. The average Bonchev–Trinajstić information content (AvgIpc) is 2.36. The molecule has 0 spiro atoms. The van der Waals surface area contributed by atoms with Gasteiger partial charge in [0.15, 0.2) is 0 Å². The summed E-state index contributed by atoms with van der Waals surface area (Å²) >= 11 is 0. The monoisotopic (exact) mass is 244 g/mol. The molecule has 1 atom stereocenters. The van der Waals surface area contributed by atoms with Crippen LogP contribution in [0.1, 0.15) is 26.7 Å². The van der Waals surface area contributed by atoms with Crippen molar-refractivity contribution in [3.05, 3.63) is 0 Å². The van der Waals surface area contributed by atoms with Gasteiger partial charge in [-0.2, -0.15) is 0 Å². The van der Waals surface area contributed by atoms with Crippen molar-refractivity contribution >= 4 is 5.97 Å². The van der Waals surface area contributed by atoms with Gasteiger partial charge in [0, 0.05) is 38.8 Å². The zero-order chi connectivity index (χ0) is 12.7. The molecule has 1 unspecified atom stereocenters. The molecule has 1 heterocycles. The Balaban J connectivity index is 2.17. The Morgan fingerprint density at radius 3 is 2.59 bits per heavy atom. The molecule has 100 valence electrons. The Bertz CT molecular complexity index is 230. The summed E-state index contributed by atoms with van der Waals surface area (Å²) in [5.74, 6) is 4.58. The number of hydrogen-bond acceptors (Lipinski definition) is 6. The number of rotatable bonds is 6. The molecule has 3 N–H and O–H groups in total. The number of nitrogens with two attached hydrogens (primary N) is 1. The Morgan fingerprint density at radius 2 is 2.06 bits per heavy atom. The third-order valence-corrected chi connectivity index (χ3v) is 3.43. The van der Waals surface area contributed by atoms with Crippen LogP contribution in [0.2, 0.25) is 0 Å². The molecule has 1 aliphatic rings. The van der Waals surface area contributed by atoms with Crippen LogP contribution in [0.15, 0.2) is 0 Å². The lowest BCUT2D eigenvalue weighted by Gasteiger charge is -2.37. The van der Waals surface area contributed by atoms with Crippen molar-refractivity contribution in [1.82, 2.24) is 15.4 Å². The van der Waals surface area contributed by atoms with Gasteiger partial charge in [-0.15, -0.1) is 0 Å². The summed E-state index contributed by atoms with van der Waals surface area (Å²) in [4.78, 5) is 20.3. The predicted octanol–water partition coefficient (Wildman–Crippen LogP) is -0.286. The quantitative estimate of drug-likeness (QED) is 0.494. The molecule has 0 radical (unpaired) electrons. The van der Waals surface area contributed by atoms with Crippen LogP contribution >= 0.6 is 0 Å². The fourth-order valence-corrected chi connectivity index (χ4v) is 2.05. The number of carbonyl (C=O) groups is 1.